The Labute approximate surface area is 118 Å². The van der Waals surface area contributed by atoms with Crippen LogP contribution in [0.4, 0.5) is 0 Å². The highest BCUT2D eigenvalue weighted by atomic mass is 35.5. The number of aromatic nitrogens is 2. The quantitative estimate of drug-likeness (QED) is 0.880. The van der Waals surface area contributed by atoms with Gasteiger partial charge in [-0.2, -0.15) is 5.10 Å². The van der Waals surface area contributed by atoms with Gasteiger partial charge in [-0.1, -0.05) is 11.6 Å². The van der Waals surface area contributed by atoms with E-state index in [-0.39, 0.29) is 11.8 Å². The van der Waals surface area contributed by atoms with Crippen LogP contribution in [0.25, 0.3) is 0 Å². The number of amides is 1. The van der Waals surface area contributed by atoms with Gasteiger partial charge in [-0.15, -0.1) is 0 Å². The summed E-state index contributed by atoms with van der Waals surface area (Å²) >= 11 is 6.20. The molecule has 0 bridgehead atoms. The van der Waals surface area contributed by atoms with Crippen LogP contribution in [0.15, 0.2) is 0 Å². The van der Waals surface area contributed by atoms with E-state index < -0.39 is 0 Å². The van der Waals surface area contributed by atoms with E-state index >= 15 is 0 Å². The number of aryl methyl sites for hydroxylation is 2. The molecule has 19 heavy (non-hydrogen) atoms. The monoisotopic (exact) mass is 284 g/mol. The van der Waals surface area contributed by atoms with Gasteiger partial charge < -0.3 is 11.1 Å². The minimum Gasteiger partial charge on any atom is -0.369 e. The minimum atomic E-state index is -0.162. The molecule has 1 aromatic rings. The first-order valence-electron chi connectivity index (χ1n) is 6.69. The topological polar surface area (TPSA) is 72.9 Å². The number of primary amides is 1. The molecule has 2 rings (SSSR count). The lowest BCUT2D eigenvalue weighted by Crippen LogP contribution is -2.36. The molecule has 106 valence electrons. The molecule has 0 atom stereocenters. The molecule has 0 saturated heterocycles. The van der Waals surface area contributed by atoms with Crippen molar-refractivity contribution in [1.82, 2.24) is 15.1 Å². The molecule has 0 unspecified atom stereocenters. The van der Waals surface area contributed by atoms with Crippen LogP contribution in [-0.4, -0.2) is 21.7 Å². The summed E-state index contributed by atoms with van der Waals surface area (Å²) in [4.78, 5) is 11.1. The van der Waals surface area contributed by atoms with Crippen molar-refractivity contribution in [3.63, 3.8) is 0 Å². The van der Waals surface area contributed by atoms with Crippen LogP contribution in [0, 0.1) is 12.8 Å². The number of nitrogens with zero attached hydrogens (tertiary/aromatic N) is 2. The third kappa shape index (κ3) is 3.28. The fourth-order valence-electron chi connectivity index (χ4n) is 2.70. The molecule has 5 nitrogen and oxygen atoms in total. The van der Waals surface area contributed by atoms with Crippen molar-refractivity contribution in [2.75, 3.05) is 0 Å². The number of nitrogens with one attached hydrogen (secondary N) is 1. The standard InChI is InChI=1S/C13H21ClN4O/c1-8-11(12(14)18(2)17-8)7-16-10-5-3-9(4-6-10)13(15)19/h9-10,16H,3-7H2,1-2H3,(H2,15,19). The maximum absolute atomic E-state index is 11.1. The number of rotatable bonds is 4. The fourth-order valence-corrected chi connectivity index (χ4v) is 2.94. The van der Waals surface area contributed by atoms with Crippen molar-refractivity contribution >= 4 is 17.5 Å². The van der Waals surface area contributed by atoms with Crippen molar-refractivity contribution in [3.8, 4) is 0 Å². The molecule has 1 aliphatic rings. The van der Waals surface area contributed by atoms with Crippen LogP contribution < -0.4 is 11.1 Å². The van der Waals surface area contributed by atoms with Gasteiger partial charge in [0.05, 0.1) is 5.69 Å². The van der Waals surface area contributed by atoms with E-state index in [2.05, 4.69) is 10.4 Å². The Morgan fingerprint density at radius 2 is 2.11 bits per heavy atom. The van der Waals surface area contributed by atoms with Gasteiger partial charge in [0.2, 0.25) is 5.91 Å². The van der Waals surface area contributed by atoms with E-state index in [4.69, 9.17) is 17.3 Å². The Morgan fingerprint density at radius 3 is 2.58 bits per heavy atom. The SMILES string of the molecule is Cc1nn(C)c(Cl)c1CNC1CCC(C(N)=O)CC1. The molecule has 0 radical (unpaired) electrons. The van der Waals surface area contributed by atoms with Gasteiger partial charge >= 0.3 is 0 Å². The molecule has 0 spiro atoms. The van der Waals surface area contributed by atoms with Gasteiger partial charge in [0.15, 0.2) is 0 Å². The van der Waals surface area contributed by atoms with E-state index in [9.17, 15) is 4.79 Å². The maximum atomic E-state index is 11.1. The van der Waals surface area contributed by atoms with Gasteiger partial charge in [0.1, 0.15) is 5.15 Å². The number of carbonyl (C=O) groups excluding carboxylic acids is 1. The van der Waals surface area contributed by atoms with Crippen molar-refractivity contribution < 1.29 is 4.79 Å². The summed E-state index contributed by atoms with van der Waals surface area (Å²) in [5.74, 6) is -0.105. The van der Waals surface area contributed by atoms with Gasteiger partial charge in [-0.25, -0.2) is 0 Å². The molecular formula is C13H21ClN4O. The fraction of sp³-hybridized carbons (Fsp3) is 0.692. The lowest BCUT2D eigenvalue weighted by molar-refractivity contribution is -0.122. The molecule has 1 aromatic heterocycles. The van der Waals surface area contributed by atoms with E-state index in [1.54, 1.807) is 4.68 Å². The summed E-state index contributed by atoms with van der Waals surface area (Å²) in [7, 11) is 1.84. The zero-order chi connectivity index (χ0) is 14.0. The molecule has 3 N–H and O–H groups in total. The molecule has 0 aliphatic heterocycles. The number of nitrogens with two attached hydrogens (primary N) is 1. The Bertz CT molecular complexity index is 463. The zero-order valence-corrected chi connectivity index (χ0v) is 12.2. The van der Waals surface area contributed by atoms with Crippen LogP contribution in [0.3, 0.4) is 0 Å². The largest absolute Gasteiger partial charge is 0.369 e. The van der Waals surface area contributed by atoms with Crippen LogP contribution in [0.1, 0.15) is 36.9 Å². The highest BCUT2D eigenvalue weighted by Crippen LogP contribution is 2.25. The third-order valence-corrected chi connectivity index (χ3v) is 4.44. The first-order valence-corrected chi connectivity index (χ1v) is 7.07. The van der Waals surface area contributed by atoms with Gasteiger partial charge in [0, 0.05) is 31.1 Å². The van der Waals surface area contributed by atoms with Crippen LogP contribution in [-0.2, 0) is 18.4 Å². The van der Waals surface area contributed by atoms with Crippen molar-refractivity contribution in [3.05, 3.63) is 16.4 Å². The Balaban J connectivity index is 1.85. The molecule has 1 heterocycles. The summed E-state index contributed by atoms with van der Waals surface area (Å²) < 4.78 is 1.69. The third-order valence-electron chi connectivity index (χ3n) is 3.97. The second-order valence-corrected chi connectivity index (χ2v) is 5.67. The van der Waals surface area contributed by atoms with Gasteiger partial charge in [-0.3, -0.25) is 9.48 Å². The van der Waals surface area contributed by atoms with Crippen molar-refractivity contribution in [2.24, 2.45) is 18.7 Å². The highest BCUT2D eigenvalue weighted by Gasteiger charge is 2.24. The first kappa shape index (κ1) is 14.3. The predicted octanol–water partition coefficient (Wildman–Crippen LogP) is 1.52. The first-order chi connectivity index (χ1) is 8.99. The summed E-state index contributed by atoms with van der Waals surface area (Å²) in [6, 6.07) is 0.436. The van der Waals surface area contributed by atoms with Crippen LogP contribution in [0.2, 0.25) is 5.15 Å². The molecule has 1 fully saturated rings. The number of hydrogen-bond acceptors (Lipinski definition) is 3. The van der Waals surface area contributed by atoms with Crippen LogP contribution >= 0.6 is 11.6 Å². The number of hydrogen-bond donors (Lipinski definition) is 2. The van der Waals surface area contributed by atoms with Crippen molar-refractivity contribution in [1.29, 1.82) is 0 Å². The van der Waals surface area contributed by atoms with E-state index in [1.165, 1.54) is 0 Å². The Kier molecular flexibility index (Phi) is 4.47. The maximum Gasteiger partial charge on any atom is 0.220 e. The van der Waals surface area contributed by atoms with E-state index in [0.717, 1.165) is 43.5 Å². The lowest BCUT2D eigenvalue weighted by atomic mass is 9.85. The number of halogens is 1. The molecule has 0 aromatic carbocycles. The van der Waals surface area contributed by atoms with Crippen LogP contribution in [0.5, 0.6) is 0 Å². The van der Waals surface area contributed by atoms with Gasteiger partial charge in [-0.05, 0) is 32.6 Å². The highest BCUT2D eigenvalue weighted by molar-refractivity contribution is 6.30. The number of carbonyl (C=O) groups is 1. The minimum absolute atomic E-state index is 0.0572. The average molecular weight is 285 g/mol. The van der Waals surface area contributed by atoms with Crippen molar-refractivity contribution in [2.45, 2.75) is 45.2 Å². The summed E-state index contributed by atoms with van der Waals surface area (Å²) in [5.41, 5.74) is 7.35. The van der Waals surface area contributed by atoms with E-state index in [0.29, 0.717) is 11.2 Å². The Morgan fingerprint density at radius 1 is 1.47 bits per heavy atom. The summed E-state index contributed by atoms with van der Waals surface area (Å²) in [5, 5.41) is 8.49. The molecule has 1 amide bonds. The second-order valence-electron chi connectivity index (χ2n) is 5.31. The zero-order valence-electron chi connectivity index (χ0n) is 11.4. The normalized spacial score (nSPS) is 23.5. The summed E-state index contributed by atoms with van der Waals surface area (Å²) in [6.07, 6.45) is 3.74. The molecular weight excluding hydrogens is 264 g/mol. The van der Waals surface area contributed by atoms with E-state index in [1.807, 2.05) is 14.0 Å². The Hall–Kier alpha value is -1.07. The molecule has 1 saturated carbocycles. The summed E-state index contributed by atoms with van der Waals surface area (Å²) in [6.45, 7) is 2.69. The smallest absolute Gasteiger partial charge is 0.220 e. The molecule has 6 heteroatoms. The van der Waals surface area contributed by atoms with Gasteiger partial charge in [0.25, 0.3) is 0 Å². The predicted molar refractivity (Wildman–Crippen MR) is 74.7 cm³/mol. The lowest BCUT2D eigenvalue weighted by Gasteiger charge is -2.27. The second kappa shape index (κ2) is 5.92. The molecule has 1 aliphatic carbocycles. The average Bonchev–Trinajstić information content (AvgIpc) is 2.62.